The second kappa shape index (κ2) is 5.56. The summed E-state index contributed by atoms with van der Waals surface area (Å²) in [4.78, 5) is 24.1. The Labute approximate surface area is 111 Å². The lowest BCUT2D eigenvalue weighted by Crippen LogP contribution is -2.08. The fourth-order valence-corrected chi connectivity index (χ4v) is 1.95. The van der Waals surface area contributed by atoms with Crippen LogP contribution >= 0.6 is 0 Å². The van der Waals surface area contributed by atoms with Crippen molar-refractivity contribution in [3.63, 3.8) is 0 Å². The Morgan fingerprint density at radius 1 is 1.21 bits per heavy atom. The van der Waals surface area contributed by atoms with Crippen LogP contribution in [0.1, 0.15) is 27.2 Å². The molecule has 0 aromatic carbocycles. The highest BCUT2D eigenvalue weighted by molar-refractivity contribution is 5.96. The van der Waals surface area contributed by atoms with Crippen molar-refractivity contribution in [2.75, 3.05) is 7.11 Å². The molecule has 2 aromatic rings. The van der Waals surface area contributed by atoms with E-state index in [-0.39, 0.29) is 12.2 Å². The second-order valence-corrected chi connectivity index (χ2v) is 4.27. The minimum Gasteiger partial charge on any atom is -0.496 e. The third-order valence-electron chi connectivity index (χ3n) is 2.96. The quantitative estimate of drug-likeness (QED) is 0.783. The van der Waals surface area contributed by atoms with Crippen molar-refractivity contribution >= 4 is 5.78 Å². The molecule has 2 aromatic heterocycles. The van der Waals surface area contributed by atoms with Gasteiger partial charge in [-0.2, -0.15) is 0 Å². The number of pyridine rings is 1. The SMILES string of the molecule is COc1c(C)cnc(CC(=O)c2cncnc2)c1C. The Kier molecular flexibility index (Phi) is 3.85. The van der Waals surface area contributed by atoms with Crippen LogP contribution in [0.25, 0.3) is 0 Å². The van der Waals surface area contributed by atoms with Crippen LogP contribution in [0.4, 0.5) is 0 Å². The van der Waals surface area contributed by atoms with Crippen LogP contribution in [0.15, 0.2) is 24.9 Å². The minimum absolute atomic E-state index is 0.0536. The van der Waals surface area contributed by atoms with Gasteiger partial charge in [-0.3, -0.25) is 9.78 Å². The number of carbonyl (C=O) groups is 1. The Balaban J connectivity index is 2.27. The summed E-state index contributed by atoms with van der Waals surface area (Å²) in [5.74, 6) is 0.726. The number of nitrogens with zero attached hydrogens (tertiary/aromatic N) is 3. The van der Waals surface area contributed by atoms with E-state index in [2.05, 4.69) is 15.0 Å². The fraction of sp³-hybridized carbons (Fsp3) is 0.286. The molecule has 0 amide bonds. The van der Waals surface area contributed by atoms with E-state index in [1.165, 1.54) is 18.7 Å². The average molecular weight is 257 g/mol. The van der Waals surface area contributed by atoms with E-state index in [4.69, 9.17) is 4.74 Å². The molecule has 0 aliphatic heterocycles. The predicted octanol–water partition coefficient (Wildman–Crippen LogP) is 1.92. The van der Waals surface area contributed by atoms with Gasteiger partial charge in [0.05, 0.1) is 24.8 Å². The van der Waals surface area contributed by atoms with Gasteiger partial charge in [-0.05, 0) is 13.8 Å². The topological polar surface area (TPSA) is 65.0 Å². The van der Waals surface area contributed by atoms with Crippen molar-refractivity contribution in [1.29, 1.82) is 0 Å². The zero-order valence-corrected chi connectivity index (χ0v) is 11.2. The van der Waals surface area contributed by atoms with Gasteiger partial charge in [0.1, 0.15) is 12.1 Å². The third kappa shape index (κ3) is 2.76. The maximum Gasteiger partial charge on any atom is 0.171 e. The number of ketones is 1. The highest BCUT2D eigenvalue weighted by Crippen LogP contribution is 2.24. The zero-order chi connectivity index (χ0) is 13.8. The van der Waals surface area contributed by atoms with Gasteiger partial charge in [0.25, 0.3) is 0 Å². The molecule has 0 spiro atoms. The molecule has 98 valence electrons. The van der Waals surface area contributed by atoms with Gasteiger partial charge < -0.3 is 4.74 Å². The Morgan fingerprint density at radius 3 is 2.53 bits per heavy atom. The number of rotatable bonds is 4. The third-order valence-corrected chi connectivity index (χ3v) is 2.96. The number of hydrogen-bond donors (Lipinski definition) is 0. The monoisotopic (exact) mass is 257 g/mol. The molecule has 5 nitrogen and oxygen atoms in total. The zero-order valence-electron chi connectivity index (χ0n) is 11.2. The number of hydrogen-bond acceptors (Lipinski definition) is 5. The first kappa shape index (κ1) is 13.1. The highest BCUT2D eigenvalue weighted by Gasteiger charge is 2.14. The maximum absolute atomic E-state index is 12.1. The molecule has 2 heterocycles. The van der Waals surface area contributed by atoms with Gasteiger partial charge in [-0.1, -0.05) is 0 Å². The largest absolute Gasteiger partial charge is 0.496 e. The van der Waals surface area contributed by atoms with Crippen molar-refractivity contribution in [2.45, 2.75) is 20.3 Å². The molecule has 19 heavy (non-hydrogen) atoms. The van der Waals surface area contributed by atoms with Crippen molar-refractivity contribution in [3.8, 4) is 5.75 Å². The summed E-state index contributed by atoms with van der Waals surface area (Å²) >= 11 is 0. The number of carbonyl (C=O) groups excluding carboxylic acids is 1. The summed E-state index contributed by atoms with van der Waals surface area (Å²) in [6, 6.07) is 0. The summed E-state index contributed by atoms with van der Waals surface area (Å²) in [5, 5.41) is 0. The lowest BCUT2D eigenvalue weighted by molar-refractivity contribution is 0.0991. The molecule has 0 radical (unpaired) electrons. The first-order valence-corrected chi connectivity index (χ1v) is 5.90. The molecule has 0 fully saturated rings. The maximum atomic E-state index is 12.1. The summed E-state index contributed by atoms with van der Waals surface area (Å²) in [7, 11) is 1.62. The van der Waals surface area contributed by atoms with Gasteiger partial charge in [-0.25, -0.2) is 9.97 Å². The molecule has 0 saturated heterocycles. The van der Waals surface area contributed by atoms with Crippen molar-refractivity contribution < 1.29 is 9.53 Å². The summed E-state index contributed by atoms with van der Waals surface area (Å²) < 4.78 is 5.33. The minimum atomic E-state index is -0.0536. The molecule has 5 heteroatoms. The average Bonchev–Trinajstić information content (AvgIpc) is 2.43. The molecular weight excluding hydrogens is 242 g/mol. The molecular formula is C14H15N3O2. The molecule has 2 rings (SSSR count). The number of aromatic nitrogens is 3. The van der Waals surface area contributed by atoms with Crippen molar-refractivity contribution in [2.24, 2.45) is 0 Å². The van der Waals surface area contributed by atoms with E-state index in [1.807, 2.05) is 13.8 Å². The van der Waals surface area contributed by atoms with Gasteiger partial charge in [0.15, 0.2) is 5.78 Å². The van der Waals surface area contributed by atoms with Crippen LogP contribution in [0.3, 0.4) is 0 Å². The summed E-state index contributed by atoms with van der Waals surface area (Å²) in [6.45, 7) is 3.83. The van der Waals surface area contributed by atoms with Crippen molar-refractivity contribution in [3.05, 3.63) is 47.3 Å². The smallest absolute Gasteiger partial charge is 0.171 e. The van der Waals surface area contributed by atoms with E-state index in [0.717, 1.165) is 22.6 Å². The van der Waals surface area contributed by atoms with E-state index >= 15 is 0 Å². The molecule has 0 atom stereocenters. The second-order valence-electron chi connectivity index (χ2n) is 4.27. The summed E-state index contributed by atoms with van der Waals surface area (Å²) in [6.07, 6.45) is 6.35. The molecule has 0 N–H and O–H groups in total. The van der Waals surface area contributed by atoms with Crippen LogP contribution < -0.4 is 4.74 Å². The molecule has 0 aliphatic rings. The van der Waals surface area contributed by atoms with Gasteiger partial charge in [-0.15, -0.1) is 0 Å². The van der Waals surface area contributed by atoms with Gasteiger partial charge in [0, 0.05) is 29.7 Å². The van der Waals surface area contributed by atoms with Crippen LogP contribution in [-0.2, 0) is 6.42 Å². The Morgan fingerprint density at radius 2 is 1.89 bits per heavy atom. The van der Waals surface area contributed by atoms with Crippen molar-refractivity contribution in [1.82, 2.24) is 15.0 Å². The molecule has 0 unspecified atom stereocenters. The van der Waals surface area contributed by atoms with Gasteiger partial charge >= 0.3 is 0 Å². The van der Waals surface area contributed by atoms with Crippen LogP contribution in [-0.4, -0.2) is 27.8 Å². The Bertz CT molecular complexity index is 597. The van der Waals surface area contributed by atoms with E-state index in [0.29, 0.717) is 5.56 Å². The number of methoxy groups -OCH3 is 1. The lowest BCUT2D eigenvalue weighted by Gasteiger charge is -2.11. The lowest BCUT2D eigenvalue weighted by atomic mass is 10.0. The predicted molar refractivity (Wildman–Crippen MR) is 70.3 cm³/mol. The highest BCUT2D eigenvalue weighted by atomic mass is 16.5. The number of ether oxygens (including phenoxy) is 1. The van der Waals surface area contributed by atoms with Gasteiger partial charge in [0.2, 0.25) is 0 Å². The van der Waals surface area contributed by atoms with E-state index < -0.39 is 0 Å². The molecule has 0 bridgehead atoms. The number of Topliss-reactive ketones (excluding diaryl/α,β-unsaturated/α-hetero) is 1. The van der Waals surface area contributed by atoms with E-state index in [1.54, 1.807) is 13.3 Å². The summed E-state index contributed by atoms with van der Waals surface area (Å²) in [5.41, 5.74) is 3.06. The normalized spacial score (nSPS) is 10.3. The standard InChI is InChI=1S/C14H15N3O2/c1-9-5-17-12(10(2)14(9)19-3)4-13(18)11-6-15-8-16-7-11/h5-8H,4H2,1-3H3. The number of aryl methyl sites for hydroxylation is 1. The van der Waals surface area contributed by atoms with Crippen LogP contribution in [0, 0.1) is 13.8 Å². The fourth-order valence-electron chi connectivity index (χ4n) is 1.95. The molecule has 0 aliphatic carbocycles. The molecule has 0 saturated carbocycles. The van der Waals surface area contributed by atoms with Crippen LogP contribution in [0.2, 0.25) is 0 Å². The first-order valence-electron chi connectivity index (χ1n) is 5.90. The first-order chi connectivity index (χ1) is 9.13. The van der Waals surface area contributed by atoms with Crippen LogP contribution in [0.5, 0.6) is 5.75 Å². The van der Waals surface area contributed by atoms with E-state index in [9.17, 15) is 4.79 Å². The Hall–Kier alpha value is -2.30.